The zero-order valence-electron chi connectivity index (χ0n) is 11.3. The second-order valence-electron chi connectivity index (χ2n) is 5.50. The van der Waals surface area contributed by atoms with E-state index in [1.165, 1.54) is 38.5 Å². The van der Waals surface area contributed by atoms with Crippen molar-refractivity contribution in [2.24, 2.45) is 0 Å². The Labute approximate surface area is 110 Å². The second kappa shape index (κ2) is 6.91. The molecule has 1 saturated carbocycles. The van der Waals surface area contributed by atoms with E-state index in [0.717, 1.165) is 5.56 Å². The fourth-order valence-corrected chi connectivity index (χ4v) is 2.85. The quantitative estimate of drug-likeness (QED) is 0.799. The minimum absolute atomic E-state index is 0.121. The molecule has 0 bridgehead atoms. The van der Waals surface area contributed by atoms with E-state index in [4.69, 9.17) is 0 Å². The predicted octanol–water partition coefficient (Wildman–Crippen LogP) is 3.42. The fourth-order valence-electron chi connectivity index (χ4n) is 2.85. The SMILES string of the molecule is C[C@H](NC1CCCCCC1)C(O)c1ccccc1. The van der Waals surface area contributed by atoms with Gasteiger partial charge in [-0.15, -0.1) is 0 Å². The summed E-state index contributed by atoms with van der Waals surface area (Å²) in [5.74, 6) is 0. The van der Waals surface area contributed by atoms with Crippen LogP contribution in [0.25, 0.3) is 0 Å². The Morgan fingerprint density at radius 3 is 2.28 bits per heavy atom. The highest BCUT2D eigenvalue weighted by atomic mass is 16.3. The molecule has 100 valence electrons. The third-order valence-electron chi connectivity index (χ3n) is 3.97. The molecule has 0 aliphatic heterocycles. The van der Waals surface area contributed by atoms with Crippen LogP contribution in [0.5, 0.6) is 0 Å². The highest BCUT2D eigenvalue weighted by molar-refractivity contribution is 5.18. The summed E-state index contributed by atoms with van der Waals surface area (Å²) in [6.45, 7) is 2.09. The smallest absolute Gasteiger partial charge is 0.0940 e. The molecule has 2 rings (SSSR count). The van der Waals surface area contributed by atoms with Crippen LogP contribution in [0.4, 0.5) is 0 Å². The van der Waals surface area contributed by atoms with Gasteiger partial charge in [-0.2, -0.15) is 0 Å². The largest absolute Gasteiger partial charge is 0.387 e. The maximum absolute atomic E-state index is 10.3. The molecule has 0 spiro atoms. The van der Waals surface area contributed by atoms with Crippen LogP contribution in [0.3, 0.4) is 0 Å². The van der Waals surface area contributed by atoms with E-state index < -0.39 is 6.10 Å². The van der Waals surface area contributed by atoms with E-state index >= 15 is 0 Å². The molecule has 2 N–H and O–H groups in total. The Morgan fingerprint density at radius 1 is 1.06 bits per heavy atom. The fraction of sp³-hybridized carbons (Fsp3) is 0.625. The lowest BCUT2D eigenvalue weighted by Crippen LogP contribution is -2.39. The first-order valence-electron chi connectivity index (χ1n) is 7.26. The Morgan fingerprint density at radius 2 is 1.67 bits per heavy atom. The molecule has 2 heteroatoms. The van der Waals surface area contributed by atoms with Gasteiger partial charge in [0.05, 0.1) is 6.10 Å². The summed E-state index contributed by atoms with van der Waals surface area (Å²) in [7, 11) is 0. The lowest BCUT2D eigenvalue weighted by Gasteiger charge is -2.26. The van der Waals surface area contributed by atoms with E-state index in [1.807, 2.05) is 30.3 Å². The van der Waals surface area contributed by atoms with Crippen molar-refractivity contribution >= 4 is 0 Å². The topological polar surface area (TPSA) is 32.3 Å². The highest BCUT2D eigenvalue weighted by Gasteiger charge is 2.20. The zero-order valence-corrected chi connectivity index (χ0v) is 11.3. The maximum Gasteiger partial charge on any atom is 0.0940 e. The first-order valence-corrected chi connectivity index (χ1v) is 7.26. The van der Waals surface area contributed by atoms with Crippen LogP contribution in [0.15, 0.2) is 30.3 Å². The van der Waals surface area contributed by atoms with Crippen LogP contribution in [0.1, 0.15) is 57.1 Å². The standard InChI is InChI=1S/C16H25NO/c1-13(16(18)14-9-5-4-6-10-14)17-15-11-7-2-3-8-12-15/h4-6,9-10,13,15-18H,2-3,7-8,11-12H2,1H3/t13-,16?/m0/s1. The van der Waals surface area contributed by atoms with Crippen LogP contribution >= 0.6 is 0 Å². The van der Waals surface area contributed by atoms with Crippen molar-refractivity contribution in [3.8, 4) is 0 Å². The molecule has 1 aliphatic rings. The lowest BCUT2D eigenvalue weighted by atomic mass is 10.0. The van der Waals surface area contributed by atoms with Crippen LogP contribution in [0, 0.1) is 0 Å². The summed E-state index contributed by atoms with van der Waals surface area (Å²) >= 11 is 0. The van der Waals surface area contributed by atoms with Gasteiger partial charge in [-0.3, -0.25) is 0 Å². The van der Waals surface area contributed by atoms with Crippen LogP contribution in [0.2, 0.25) is 0 Å². The molecule has 1 fully saturated rings. The van der Waals surface area contributed by atoms with Gasteiger partial charge in [0.2, 0.25) is 0 Å². The number of aliphatic hydroxyl groups is 1. The van der Waals surface area contributed by atoms with E-state index in [1.54, 1.807) is 0 Å². The molecule has 0 aromatic heterocycles. The van der Waals surface area contributed by atoms with E-state index in [2.05, 4.69) is 12.2 Å². The average molecular weight is 247 g/mol. The van der Waals surface area contributed by atoms with Crippen molar-refractivity contribution in [2.75, 3.05) is 0 Å². The van der Waals surface area contributed by atoms with Gasteiger partial charge in [-0.05, 0) is 25.3 Å². The molecule has 1 unspecified atom stereocenters. The van der Waals surface area contributed by atoms with Crippen molar-refractivity contribution in [3.63, 3.8) is 0 Å². The minimum Gasteiger partial charge on any atom is -0.387 e. The molecule has 0 amide bonds. The van der Waals surface area contributed by atoms with Gasteiger partial charge >= 0.3 is 0 Å². The Balaban J connectivity index is 1.88. The summed E-state index contributed by atoms with van der Waals surface area (Å²) < 4.78 is 0. The van der Waals surface area contributed by atoms with E-state index in [0.29, 0.717) is 6.04 Å². The number of rotatable bonds is 4. The third-order valence-corrected chi connectivity index (χ3v) is 3.97. The van der Waals surface area contributed by atoms with Crippen molar-refractivity contribution in [3.05, 3.63) is 35.9 Å². The van der Waals surface area contributed by atoms with Crippen LogP contribution in [-0.2, 0) is 0 Å². The van der Waals surface area contributed by atoms with Gasteiger partial charge in [0, 0.05) is 12.1 Å². The first kappa shape index (κ1) is 13.6. The summed E-state index contributed by atoms with van der Waals surface area (Å²) in [6.07, 6.45) is 7.49. The summed E-state index contributed by atoms with van der Waals surface area (Å²) in [5, 5.41) is 13.9. The maximum atomic E-state index is 10.3. The van der Waals surface area contributed by atoms with E-state index in [-0.39, 0.29) is 6.04 Å². The summed E-state index contributed by atoms with van der Waals surface area (Å²) in [4.78, 5) is 0. The molecule has 2 nitrogen and oxygen atoms in total. The molecule has 1 aromatic rings. The van der Waals surface area contributed by atoms with Gasteiger partial charge in [0.25, 0.3) is 0 Å². The molecular formula is C16H25NO. The molecule has 1 aliphatic carbocycles. The van der Waals surface area contributed by atoms with Gasteiger partial charge in [-0.25, -0.2) is 0 Å². The van der Waals surface area contributed by atoms with Crippen molar-refractivity contribution in [1.29, 1.82) is 0 Å². The molecular weight excluding hydrogens is 222 g/mol. The van der Waals surface area contributed by atoms with Crippen LogP contribution in [-0.4, -0.2) is 17.2 Å². The molecule has 0 radical (unpaired) electrons. The van der Waals surface area contributed by atoms with Gasteiger partial charge in [-0.1, -0.05) is 56.0 Å². The van der Waals surface area contributed by atoms with Crippen molar-refractivity contribution in [2.45, 2.75) is 63.6 Å². The van der Waals surface area contributed by atoms with Crippen molar-refractivity contribution in [1.82, 2.24) is 5.32 Å². The Hall–Kier alpha value is -0.860. The minimum atomic E-state index is -0.408. The van der Waals surface area contributed by atoms with Crippen LogP contribution < -0.4 is 5.32 Å². The normalized spacial score (nSPS) is 21.2. The number of nitrogens with one attached hydrogen (secondary N) is 1. The number of aliphatic hydroxyl groups excluding tert-OH is 1. The monoisotopic (exact) mass is 247 g/mol. The third kappa shape index (κ3) is 3.82. The van der Waals surface area contributed by atoms with Crippen molar-refractivity contribution < 1.29 is 5.11 Å². The average Bonchev–Trinajstić information content (AvgIpc) is 2.67. The molecule has 18 heavy (non-hydrogen) atoms. The Bertz CT molecular complexity index is 330. The van der Waals surface area contributed by atoms with Gasteiger partial charge in [0.15, 0.2) is 0 Å². The molecule has 2 atom stereocenters. The second-order valence-corrected chi connectivity index (χ2v) is 5.50. The molecule has 1 aromatic carbocycles. The number of benzene rings is 1. The number of hydrogen-bond donors (Lipinski definition) is 2. The summed E-state index contributed by atoms with van der Waals surface area (Å²) in [6, 6.07) is 10.6. The summed E-state index contributed by atoms with van der Waals surface area (Å²) in [5.41, 5.74) is 1.01. The van der Waals surface area contributed by atoms with E-state index in [9.17, 15) is 5.11 Å². The highest BCUT2D eigenvalue weighted by Crippen LogP contribution is 2.21. The number of hydrogen-bond acceptors (Lipinski definition) is 2. The first-order chi connectivity index (χ1) is 8.77. The lowest BCUT2D eigenvalue weighted by molar-refractivity contribution is 0.127. The predicted molar refractivity (Wildman–Crippen MR) is 75.5 cm³/mol. The van der Waals surface area contributed by atoms with Gasteiger partial charge < -0.3 is 10.4 Å². The molecule has 0 saturated heterocycles. The molecule has 0 heterocycles. The zero-order chi connectivity index (χ0) is 12.8. The Kier molecular flexibility index (Phi) is 5.21. The van der Waals surface area contributed by atoms with Gasteiger partial charge in [0.1, 0.15) is 0 Å².